The maximum Gasteiger partial charge on any atom is 0.262 e. The summed E-state index contributed by atoms with van der Waals surface area (Å²) in [7, 11) is 0. The zero-order chi connectivity index (χ0) is 21.3. The summed E-state index contributed by atoms with van der Waals surface area (Å²) in [6.45, 7) is 6.63. The van der Waals surface area contributed by atoms with Crippen molar-refractivity contribution in [3.63, 3.8) is 0 Å². The van der Waals surface area contributed by atoms with Crippen molar-refractivity contribution in [3.05, 3.63) is 64.3 Å². The van der Waals surface area contributed by atoms with Gasteiger partial charge in [0.15, 0.2) is 11.3 Å². The fourth-order valence-electron chi connectivity index (χ4n) is 5.14. The van der Waals surface area contributed by atoms with Crippen molar-refractivity contribution in [2.24, 2.45) is 5.41 Å². The Balaban J connectivity index is 1.87. The number of carbonyl (C=O) groups excluding carboxylic acids is 2. The van der Waals surface area contributed by atoms with Crippen molar-refractivity contribution in [3.8, 4) is 0 Å². The monoisotopic (exact) mass is 421 g/mol. The Kier molecular flexibility index (Phi) is 4.06. The molecule has 154 valence electrons. The number of Topliss-reactive ketones (excluding diaryl/α,β-unsaturated/α-hetero) is 1. The van der Waals surface area contributed by atoms with Gasteiger partial charge >= 0.3 is 0 Å². The molecule has 0 saturated carbocycles. The number of halogens is 1. The summed E-state index contributed by atoms with van der Waals surface area (Å²) in [5.41, 5.74) is 3.02. The highest BCUT2D eigenvalue weighted by Crippen LogP contribution is 2.54. The van der Waals surface area contributed by atoms with Gasteiger partial charge in [0.2, 0.25) is 0 Å². The van der Waals surface area contributed by atoms with E-state index in [-0.39, 0.29) is 17.1 Å². The molecule has 1 aliphatic carbocycles. The molecule has 30 heavy (non-hydrogen) atoms. The highest BCUT2D eigenvalue weighted by molar-refractivity contribution is 6.31. The van der Waals surface area contributed by atoms with Crippen molar-refractivity contribution in [2.45, 2.75) is 39.2 Å². The lowest BCUT2D eigenvalue weighted by atomic mass is 9.69. The van der Waals surface area contributed by atoms with Crippen LogP contribution < -0.4 is 15.5 Å². The van der Waals surface area contributed by atoms with Gasteiger partial charge in [-0.1, -0.05) is 37.6 Å². The van der Waals surface area contributed by atoms with Gasteiger partial charge in [-0.15, -0.1) is 0 Å². The Morgan fingerprint density at radius 1 is 1.07 bits per heavy atom. The molecule has 2 N–H and O–H groups in total. The zero-order valence-electron chi connectivity index (χ0n) is 17.3. The van der Waals surface area contributed by atoms with Crippen LogP contribution in [0, 0.1) is 5.41 Å². The van der Waals surface area contributed by atoms with Crippen molar-refractivity contribution >= 4 is 40.4 Å². The summed E-state index contributed by atoms with van der Waals surface area (Å²) < 4.78 is 0. The van der Waals surface area contributed by atoms with Gasteiger partial charge < -0.3 is 15.5 Å². The molecule has 0 aromatic heterocycles. The number of ketones is 1. The number of amides is 1. The first-order chi connectivity index (χ1) is 14.3. The first-order valence-electron chi connectivity index (χ1n) is 10.3. The maximum atomic E-state index is 14.0. The van der Waals surface area contributed by atoms with Crippen LogP contribution in [0.1, 0.15) is 39.2 Å². The Bertz CT molecular complexity index is 1140. The molecule has 5 rings (SSSR count). The second-order valence-electron chi connectivity index (χ2n) is 9.05. The molecule has 0 bridgehead atoms. The lowest BCUT2D eigenvalue weighted by Crippen LogP contribution is -2.51. The summed E-state index contributed by atoms with van der Waals surface area (Å²) in [4.78, 5) is 29.4. The van der Waals surface area contributed by atoms with Gasteiger partial charge in [-0.05, 0) is 49.1 Å². The molecule has 0 saturated heterocycles. The van der Waals surface area contributed by atoms with Crippen LogP contribution in [-0.4, -0.2) is 18.2 Å². The topological polar surface area (TPSA) is 61.4 Å². The van der Waals surface area contributed by atoms with E-state index in [0.29, 0.717) is 30.0 Å². The van der Waals surface area contributed by atoms with E-state index < -0.39 is 5.54 Å². The summed E-state index contributed by atoms with van der Waals surface area (Å²) in [5, 5.41) is 7.53. The third-order valence-electron chi connectivity index (χ3n) is 6.32. The Morgan fingerprint density at radius 3 is 2.53 bits per heavy atom. The number of carbonyl (C=O) groups is 2. The smallest absolute Gasteiger partial charge is 0.262 e. The van der Waals surface area contributed by atoms with E-state index in [0.717, 1.165) is 28.3 Å². The largest absolute Gasteiger partial charge is 0.362 e. The molecular weight excluding hydrogens is 398 g/mol. The van der Waals surface area contributed by atoms with E-state index >= 15 is 0 Å². The lowest BCUT2D eigenvalue weighted by molar-refractivity contribution is -0.125. The van der Waals surface area contributed by atoms with E-state index in [1.807, 2.05) is 43.3 Å². The average Bonchev–Trinajstić information content (AvgIpc) is 2.81. The van der Waals surface area contributed by atoms with Crippen LogP contribution in [-0.2, 0) is 15.1 Å². The predicted molar refractivity (Wildman–Crippen MR) is 120 cm³/mol. The van der Waals surface area contributed by atoms with E-state index in [1.165, 1.54) is 0 Å². The Morgan fingerprint density at radius 2 is 1.80 bits per heavy atom. The van der Waals surface area contributed by atoms with E-state index in [1.54, 1.807) is 11.0 Å². The van der Waals surface area contributed by atoms with Crippen LogP contribution in [0.5, 0.6) is 0 Å². The van der Waals surface area contributed by atoms with Gasteiger partial charge in [0.1, 0.15) is 0 Å². The number of para-hydroxylation sites is 2. The molecule has 2 aromatic carbocycles. The number of rotatable bonds is 1. The number of allylic oxidation sites excluding steroid dienone is 1. The minimum atomic E-state index is -1.29. The number of benzene rings is 2. The molecule has 2 aliphatic heterocycles. The second-order valence-corrected chi connectivity index (χ2v) is 9.49. The van der Waals surface area contributed by atoms with Crippen LogP contribution in [0.2, 0.25) is 5.02 Å². The van der Waals surface area contributed by atoms with E-state index in [4.69, 9.17) is 11.6 Å². The highest BCUT2D eigenvalue weighted by atomic mass is 35.5. The molecule has 0 fully saturated rings. The summed E-state index contributed by atoms with van der Waals surface area (Å²) in [5.74, 6) is -0.146. The van der Waals surface area contributed by atoms with Crippen molar-refractivity contribution < 1.29 is 9.59 Å². The number of fused-ring (bicyclic) bond motifs is 4. The van der Waals surface area contributed by atoms with Crippen molar-refractivity contribution in [2.75, 3.05) is 22.1 Å². The standard InChI is InChI=1S/C24H24ClN3O2/c1-4-28-19-10-9-14(25)11-15(19)24(22(28)30)21-18(12-23(2,3)13-20(21)29)26-16-7-5-6-8-17(16)27-24/h5-11,26-27H,4,12-13H2,1-3H3. The molecule has 0 radical (unpaired) electrons. The predicted octanol–water partition coefficient (Wildman–Crippen LogP) is 5.08. The number of nitrogens with one attached hydrogen (secondary N) is 2. The fraction of sp³-hybridized carbons (Fsp3) is 0.333. The molecule has 1 atom stereocenters. The number of anilines is 3. The molecule has 1 unspecified atom stereocenters. The number of nitrogens with zero attached hydrogens (tertiary/aromatic N) is 1. The number of likely N-dealkylation sites (N-methyl/N-ethyl adjacent to an activating group) is 1. The van der Waals surface area contributed by atoms with Gasteiger partial charge in [-0.25, -0.2) is 0 Å². The molecular formula is C24H24ClN3O2. The Hall–Kier alpha value is -2.79. The quantitative estimate of drug-likeness (QED) is 0.673. The van der Waals surface area contributed by atoms with Gasteiger partial charge in [0.25, 0.3) is 5.91 Å². The molecule has 1 spiro atoms. The first kappa shape index (κ1) is 19.2. The van der Waals surface area contributed by atoms with Crippen LogP contribution in [0.25, 0.3) is 0 Å². The van der Waals surface area contributed by atoms with Crippen LogP contribution in [0.15, 0.2) is 53.7 Å². The SMILES string of the molecule is CCN1C(=O)C2(Nc3ccccc3NC3=C2C(=O)CC(C)(C)C3)c2cc(Cl)ccc21. The first-order valence-corrected chi connectivity index (χ1v) is 10.7. The molecule has 6 heteroatoms. The zero-order valence-corrected chi connectivity index (χ0v) is 18.1. The van der Waals surface area contributed by atoms with Crippen molar-refractivity contribution in [1.29, 1.82) is 0 Å². The van der Waals surface area contributed by atoms with Crippen LogP contribution >= 0.6 is 11.6 Å². The normalized spacial score (nSPS) is 24.1. The summed E-state index contributed by atoms with van der Waals surface area (Å²) in [6, 6.07) is 13.3. The van der Waals surface area contributed by atoms with Crippen LogP contribution in [0.3, 0.4) is 0 Å². The molecule has 3 aliphatic rings. The summed E-state index contributed by atoms with van der Waals surface area (Å²) >= 11 is 6.39. The minimum Gasteiger partial charge on any atom is -0.362 e. The van der Waals surface area contributed by atoms with Crippen LogP contribution in [0.4, 0.5) is 17.1 Å². The number of hydrogen-bond acceptors (Lipinski definition) is 4. The molecule has 2 heterocycles. The van der Waals surface area contributed by atoms with Gasteiger partial charge in [-0.2, -0.15) is 0 Å². The third-order valence-corrected chi connectivity index (χ3v) is 6.56. The maximum absolute atomic E-state index is 14.0. The summed E-state index contributed by atoms with van der Waals surface area (Å²) in [6.07, 6.45) is 1.07. The number of hydrogen-bond donors (Lipinski definition) is 2. The fourth-order valence-corrected chi connectivity index (χ4v) is 5.31. The second kappa shape index (κ2) is 6.35. The van der Waals surface area contributed by atoms with Gasteiger partial charge in [0.05, 0.1) is 22.6 Å². The van der Waals surface area contributed by atoms with E-state index in [2.05, 4.69) is 24.5 Å². The molecule has 1 amide bonds. The molecule has 5 nitrogen and oxygen atoms in total. The molecule has 2 aromatic rings. The van der Waals surface area contributed by atoms with Crippen molar-refractivity contribution in [1.82, 2.24) is 0 Å². The minimum absolute atomic E-state index is 0.00807. The van der Waals surface area contributed by atoms with Gasteiger partial charge in [-0.3, -0.25) is 9.59 Å². The van der Waals surface area contributed by atoms with E-state index in [9.17, 15) is 9.59 Å². The lowest BCUT2D eigenvalue weighted by Gasteiger charge is -2.38. The van der Waals surface area contributed by atoms with Gasteiger partial charge in [0, 0.05) is 29.2 Å². The Labute approximate surface area is 181 Å². The average molecular weight is 422 g/mol. The third kappa shape index (κ3) is 2.54. The highest BCUT2D eigenvalue weighted by Gasteiger charge is 2.58.